The smallest absolute Gasteiger partial charge is 2.00 e. The fraction of sp³-hybridized carbons (Fsp3) is 0.500. The van der Waals surface area contributed by atoms with Crippen molar-refractivity contribution < 1.29 is 36.7 Å². The molecule has 0 aromatic heterocycles. The van der Waals surface area contributed by atoms with E-state index in [9.17, 15) is 0 Å². The molecule has 0 heterocycles. The Balaban J connectivity index is 0. The maximum Gasteiger partial charge on any atom is 2.00 e. The predicted octanol–water partition coefficient (Wildman–Crippen LogP) is -0.587. The molecule has 2 N–H and O–H groups in total. The molecule has 0 fully saturated rings. The largest absolute Gasteiger partial charge is 2.00 e. The molecule has 0 aliphatic rings. The Labute approximate surface area is 88.0 Å². The molecule has 0 bridgehead atoms. The van der Waals surface area contributed by atoms with Crippen LogP contribution < -0.4 is 0 Å². The van der Waals surface area contributed by atoms with Gasteiger partial charge in [-0.25, -0.2) is 0 Å². The number of hydrogen-bond donors (Lipinski definition) is 2. The van der Waals surface area contributed by atoms with Gasteiger partial charge in [-0.1, -0.05) is 0 Å². The van der Waals surface area contributed by atoms with E-state index in [-0.39, 0.29) is 21.1 Å². The van der Waals surface area contributed by atoms with Gasteiger partial charge in [0.1, 0.15) is 0 Å². The van der Waals surface area contributed by atoms with Crippen molar-refractivity contribution in [2.75, 3.05) is 0 Å². The minimum Gasteiger partial charge on any atom is 2.00 e. The molecule has 0 aromatic rings. The topological polar surface area (TPSA) is 104 Å². The van der Waals surface area contributed by atoms with E-state index in [0.29, 0.717) is 0 Å². The molecular weight excluding hydrogens is 410 g/mol. The van der Waals surface area contributed by atoms with Crippen LogP contribution in [0.2, 0.25) is 0 Å². The molecule has 0 spiro atoms. The fourth-order valence-corrected chi connectivity index (χ4v) is 1.89. The zero-order chi connectivity index (χ0) is 9.07. The first kappa shape index (κ1) is 14.6. The molecule has 12 heavy (non-hydrogen) atoms. The van der Waals surface area contributed by atoms with Gasteiger partial charge in [0.2, 0.25) is 0 Å². The Bertz CT molecular complexity index is 168. The quantitative estimate of drug-likeness (QED) is 0.356. The summed E-state index contributed by atoms with van der Waals surface area (Å²) in [5.41, 5.74) is 0. The summed E-state index contributed by atoms with van der Waals surface area (Å²) in [6.07, 6.45) is 0. The Morgan fingerprint density at radius 3 is 1.50 bits per heavy atom. The van der Waals surface area contributed by atoms with E-state index in [1.54, 1.807) is 0 Å². The first-order valence-corrected chi connectivity index (χ1v) is 5.83. The summed E-state index contributed by atoms with van der Waals surface area (Å²) >= 11 is -4.73. The third-order valence-corrected chi connectivity index (χ3v) is 2.61. The molecule has 0 atom stereocenters. The Hall–Kier alpha value is 0.107. The third kappa shape index (κ3) is 8.21. The summed E-state index contributed by atoms with van der Waals surface area (Å²) < 4.78 is 25.8. The van der Waals surface area contributed by atoms with Gasteiger partial charge in [-0.3, -0.25) is 0 Å². The third-order valence-electron chi connectivity index (χ3n) is 0.502. The maximum atomic E-state index is 8.78. The second kappa shape index (κ2) is 5.70. The zero-order valence-corrected chi connectivity index (χ0v) is 10.5. The molecule has 0 saturated heterocycles. The summed E-state index contributed by atoms with van der Waals surface area (Å²) in [7, 11) is 0. The zero-order valence-electron chi connectivity index (χ0n) is 6.37. The van der Waals surface area contributed by atoms with Crippen LogP contribution in [0.5, 0.6) is 0 Å². The minimum atomic E-state index is -4.73. The van der Waals surface area contributed by atoms with Gasteiger partial charge in [-0.15, -0.1) is 0 Å². The molecule has 0 aliphatic heterocycles. The van der Waals surface area contributed by atoms with Gasteiger partial charge in [0, 0.05) is 0 Å². The van der Waals surface area contributed by atoms with Gasteiger partial charge in [-0.2, -0.15) is 0 Å². The van der Waals surface area contributed by atoms with Crippen molar-refractivity contribution in [1.82, 2.24) is 0 Å². The molecule has 8 heteroatoms. The predicted molar refractivity (Wildman–Crippen MR) is 40.4 cm³/mol. The number of rotatable bonds is 2. The van der Waals surface area contributed by atoms with Crippen molar-refractivity contribution in [3.63, 3.8) is 0 Å². The average molecular weight is 418 g/mol. The van der Waals surface area contributed by atoms with Gasteiger partial charge in [0.15, 0.2) is 0 Å². The SMILES string of the molecule is CC(=[N-])O[As](O)(O)OC(C)=[N-].[Pt+2]. The summed E-state index contributed by atoms with van der Waals surface area (Å²) in [5.74, 6) is -1.24. The molecule has 0 saturated carbocycles. The van der Waals surface area contributed by atoms with Crippen molar-refractivity contribution in [2.24, 2.45) is 0 Å². The Kier molecular flexibility index (Phi) is 6.95. The van der Waals surface area contributed by atoms with Crippen molar-refractivity contribution >= 4 is 26.7 Å². The second-order valence-electron chi connectivity index (χ2n) is 1.71. The summed E-state index contributed by atoms with van der Waals surface area (Å²) in [5, 5.41) is 16.9. The van der Waals surface area contributed by atoms with Gasteiger partial charge < -0.3 is 0 Å². The maximum absolute atomic E-state index is 8.78. The first-order valence-electron chi connectivity index (χ1n) is 2.62. The van der Waals surface area contributed by atoms with E-state index < -0.39 is 26.7 Å². The van der Waals surface area contributed by atoms with Crippen LogP contribution in [-0.2, 0) is 28.5 Å². The minimum absolute atomic E-state index is 0. The van der Waals surface area contributed by atoms with Crippen LogP contribution in [0.4, 0.5) is 0 Å². The molecule has 0 aliphatic carbocycles. The van der Waals surface area contributed by atoms with Crippen molar-refractivity contribution in [1.29, 1.82) is 0 Å². The van der Waals surface area contributed by atoms with E-state index in [1.165, 1.54) is 0 Å². The molecule has 6 nitrogen and oxygen atoms in total. The normalized spacial score (nSPS) is 9.67. The van der Waals surface area contributed by atoms with Gasteiger partial charge >= 0.3 is 88.1 Å². The van der Waals surface area contributed by atoms with E-state index in [4.69, 9.17) is 19.0 Å². The van der Waals surface area contributed by atoms with E-state index >= 15 is 0 Å². The number of hydrogen-bond acceptors (Lipinski definition) is 4. The van der Waals surface area contributed by atoms with Crippen molar-refractivity contribution in [3.05, 3.63) is 10.8 Å². The summed E-state index contributed by atoms with van der Waals surface area (Å²) in [6, 6.07) is 0. The molecule has 0 rings (SSSR count). The van der Waals surface area contributed by atoms with Gasteiger partial charge in [-0.05, 0) is 0 Å². The fourth-order valence-electron chi connectivity index (χ4n) is 0.363. The first-order chi connectivity index (χ1) is 4.83. The summed E-state index contributed by atoms with van der Waals surface area (Å²) in [6.45, 7) is 2.22. The van der Waals surface area contributed by atoms with Crippen molar-refractivity contribution in [2.45, 2.75) is 13.8 Å². The van der Waals surface area contributed by atoms with Crippen LogP contribution in [0, 0.1) is 0 Å². The van der Waals surface area contributed by atoms with E-state index in [2.05, 4.69) is 7.45 Å². The van der Waals surface area contributed by atoms with Crippen LogP contribution in [0.3, 0.4) is 0 Å². The Morgan fingerprint density at radius 1 is 1.08 bits per heavy atom. The summed E-state index contributed by atoms with van der Waals surface area (Å²) in [4.78, 5) is 0. The molecule has 0 unspecified atom stereocenters. The van der Waals surface area contributed by atoms with E-state index in [1.807, 2.05) is 0 Å². The standard InChI is InChI=1S/C4H8AsN2O4.Pt/c1-3(6)10-5(8,9)11-4(2)7;/h8-9H,1-2H3;/q-2;+2. The van der Waals surface area contributed by atoms with Crippen LogP contribution >= 0.6 is 0 Å². The molecule has 0 amide bonds. The van der Waals surface area contributed by atoms with Gasteiger partial charge in [0.25, 0.3) is 0 Å². The number of nitrogens with zero attached hydrogens (tertiary/aromatic N) is 2. The van der Waals surface area contributed by atoms with Crippen LogP contribution in [0.1, 0.15) is 13.8 Å². The monoisotopic (exact) mass is 418 g/mol. The molecule has 0 aromatic carbocycles. The molecule has 1 radical (unpaired) electrons. The van der Waals surface area contributed by atoms with E-state index in [0.717, 1.165) is 13.8 Å². The van der Waals surface area contributed by atoms with Crippen LogP contribution in [0.25, 0.3) is 10.8 Å². The van der Waals surface area contributed by atoms with Crippen LogP contribution in [-0.4, -0.2) is 34.9 Å². The Morgan fingerprint density at radius 2 is 1.33 bits per heavy atom. The molecule has 73 valence electrons. The molecular formula is C4H8AsN2O4Pt. The van der Waals surface area contributed by atoms with Gasteiger partial charge in [0.05, 0.1) is 0 Å². The average Bonchev–Trinajstić information content (AvgIpc) is 1.53. The van der Waals surface area contributed by atoms with Crippen LogP contribution in [0.15, 0.2) is 0 Å². The van der Waals surface area contributed by atoms with Crippen molar-refractivity contribution in [3.8, 4) is 0 Å². The second-order valence-corrected chi connectivity index (χ2v) is 4.54.